The van der Waals surface area contributed by atoms with Crippen LogP contribution in [0.3, 0.4) is 0 Å². The van der Waals surface area contributed by atoms with Crippen molar-refractivity contribution in [2.24, 2.45) is 7.05 Å². The normalized spacial score (nSPS) is 13.4. The number of carbonyl (C=O) groups excluding carboxylic acids is 1. The van der Waals surface area contributed by atoms with Crippen LogP contribution in [0, 0.1) is 24.4 Å². The van der Waals surface area contributed by atoms with Crippen molar-refractivity contribution in [3.8, 4) is 11.3 Å². The van der Waals surface area contributed by atoms with Gasteiger partial charge in [0.2, 0.25) is 0 Å². The molecule has 0 radical (unpaired) electrons. The second-order valence-corrected chi connectivity index (χ2v) is 9.79. The predicted molar refractivity (Wildman–Crippen MR) is 139 cm³/mol. The third-order valence-corrected chi connectivity index (χ3v) is 6.93. The zero-order valence-electron chi connectivity index (χ0n) is 20.8. The maximum absolute atomic E-state index is 14.0. The van der Waals surface area contributed by atoms with Crippen LogP contribution in [0.4, 0.5) is 13.2 Å². The molecule has 0 N–H and O–H groups in total. The Hall–Kier alpha value is -3.93. The molecule has 3 aromatic carbocycles. The first kappa shape index (κ1) is 24.8. The molecule has 0 saturated carbocycles. The van der Waals surface area contributed by atoms with Crippen molar-refractivity contribution >= 4 is 11.4 Å². The highest BCUT2D eigenvalue weighted by Gasteiger charge is 2.26. The molecule has 0 saturated heterocycles. The van der Waals surface area contributed by atoms with Crippen LogP contribution >= 0.6 is 0 Å². The zero-order valence-corrected chi connectivity index (χ0v) is 20.8. The van der Waals surface area contributed by atoms with Gasteiger partial charge in [-0.25, -0.2) is 18.2 Å². The van der Waals surface area contributed by atoms with E-state index in [2.05, 4.69) is 4.98 Å². The summed E-state index contributed by atoms with van der Waals surface area (Å²) in [4.78, 5) is 18.0. The van der Waals surface area contributed by atoms with Gasteiger partial charge in [-0.2, -0.15) is 0 Å². The highest BCUT2D eigenvalue weighted by Crippen LogP contribution is 2.36. The van der Waals surface area contributed by atoms with Gasteiger partial charge in [0, 0.05) is 37.4 Å². The molecule has 1 atom stereocenters. The molecule has 6 heteroatoms. The van der Waals surface area contributed by atoms with Crippen LogP contribution in [-0.2, 0) is 24.7 Å². The van der Waals surface area contributed by atoms with Gasteiger partial charge in [-0.3, -0.25) is 4.79 Å². The third-order valence-electron chi connectivity index (χ3n) is 6.93. The molecule has 0 spiro atoms. The smallest absolute Gasteiger partial charge is 0.137 e. The van der Waals surface area contributed by atoms with Crippen molar-refractivity contribution in [2.45, 2.75) is 38.5 Å². The monoisotopic (exact) mass is 500 g/mol. The largest absolute Gasteiger partial charge is 0.334 e. The molecule has 0 amide bonds. The van der Waals surface area contributed by atoms with Crippen molar-refractivity contribution in [1.29, 1.82) is 0 Å². The maximum atomic E-state index is 14.0. The predicted octanol–water partition coefficient (Wildman–Crippen LogP) is 7.13. The lowest BCUT2D eigenvalue weighted by atomic mass is 9.87. The Kier molecular flexibility index (Phi) is 6.83. The topological polar surface area (TPSA) is 34.9 Å². The fourth-order valence-corrected chi connectivity index (χ4v) is 5.18. The molecule has 4 aromatic rings. The summed E-state index contributed by atoms with van der Waals surface area (Å²) >= 11 is 0. The van der Waals surface area contributed by atoms with Crippen LogP contribution in [0.15, 0.2) is 73.1 Å². The average Bonchev–Trinajstić information content (AvgIpc) is 3.41. The van der Waals surface area contributed by atoms with E-state index < -0.39 is 17.6 Å². The second kappa shape index (κ2) is 10.2. The number of aromatic nitrogens is 2. The number of imidazole rings is 1. The van der Waals surface area contributed by atoms with Gasteiger partial charge in [-0.1, -0.05) is 42.0 Å². The van der Waals surface area contributed by atoms with Gasteiger partial charge in [-0.05, 0) is 66.3 Å². The first-order valence-corrected chi connectivity index (χ1v) is 12.3. The van der Waals surface area contributed by atoms with Crippen LogP contribution in [-0.4, -0.2) is 15.3 Å². The van der Waals surface area contributed by atoms with Gasteiger partial charge in [0.25, 0.3) is 0 Å². The zero-order chi connectivity index (χ0) is 26.1. The van der Waals surface area contributed by atoms with E-state index in [1.54, 1.807) is 12.4 Å². The highest BCUT2D eigenvalue weighted by molar-refractivity contribution is 5.92. The molecule has 0 aliphatic heterocycles. The van der Waals surface area contributed by atoms with Gasteiger partial charge in [0.15, 0.2) is 0 Å². The summed E-state index contributed by atoms with van der Waals surface area (Å²) < 4.78 is 43.8. The van der Waals surface area contributed by atoms with Gasteiger partial charge in [0.1, 0.15) is 23.2 Å². The second-order valence-electron chi connectivity index (χ2n) is 9.79. The van der Waals surface area contributed by atoms with Crippen LogP contribution in [0.25, 0.3) is 16.8 Å². The van der Waals surface area contributed by atoms with Crippen molar-refractivity contribution in [3.63, 3.8) is 0 Å². The van der Waals surface area contributed by atoms with E-state index in [0.29, 0.717) is 17.7 Å². The summed E-state index contributed by atoms with van der Waals surface area (Å²) in [5, 5.41) is 0. The van der Waals surface area contributed by atoms with E-state index in [0.717, 1.165) is 39.6 Å². The molecule has 5 rings (SSSR count). The van der Waals surface area contributed by atoms with Crippen LogP contribution < -0.4 is 0 Å². The first-order valence-electron chi connectivity index (χ1n) is 12.3. The first-order chi connectivity index (χ1) is 17.8. The summed E-state index contributed by atoms with van der Waals surface area (Å²) in [6.45, 7) is 2.01. The summed E-state index contributed by atoms with van der Waals surface area (Å²) in [5.74, 6) is -2.09. The molecule has 37 heavy (non-hydrogen) atoms. The molecule has 1 unspecified atom stereocenters. The van der Waals surface area contributed by atoms with E-state index in [9.17, 15) is 18.0 Å². The van der Waals surface area contributed by atoms with Crippen LogP contribution in [0.1, 0.15) is 46.7 Å². The number of allylic oxidation sites excluding steroid dienone is 2. The minimum absolute atomic E-state index is 0.0363. The molecular formula is C31H27F3N2O. The Morgan fingerprint density at radius 3 is 2.43 bits per heavy atom. The lowest BCUT2D eigenvalue weighted by Crippen LogP contribution is -2.13. The van der Waals surface area contributed by atoms with Crippen molar-refractivity contribution < 1.29 is 18.0 Å². The fraction of sp³-hybridized carbons (Fsp3) is 0.226. The molecule has 1 aromatic heterocycles. The molecule has 0 bridgehead atoms. The summed E-state index contributed by atoms with van der Waals surface area (Å²) in [6.07, 6.45) is 4.89. The number of halogens is 3. The lowest BCUT2D eigenvalue weighted by Gasteiger charge is -2.18. The number of benzene rings is 3. The van der Waals surface area contributed by atoms with Gasteiger partial charge < -0.3 is 4.57 Å². The Morgan fingerprint density at radius 2 is 1.70 bits per heavy atom. The molecule has 1 aliphatic rings. The van der Waals surface area contributed by atoms with Crippen molar-refractivity contribution in [3.05, 3.63) is 118 Å². The van der Waals surface area contributed by atoms with E-state index in [1.807, 2.05) is 48.9 Å². The van der Waals surface area contributed by atoms with Crippen LogP contribution in [0.5, 0.6) is 0 Å². The Balaban J connectivity index is 1.47. The van der Waals surface area contributed by atoms with Crippen LogP contribution in [0.2, 0.25) is 0 Å². The highest BCUT2D eigenvalue weighted by atomic mass is 19.1. The maximum Gasteiger partial charge on any atom is 0.137 e. The third kappa shape index (κ3) is 5.43. The van der Waals surface area contributed by atoms with E-state index >= 15 is 0 Å². The van der Waals surface area contributed by atoms with Gasteiger partial charge >= 0.3 is 0 Å². The quantitative estimate of drug-likeness (QED) is 0.258. The summed E-state index contributed by atoms with van der Waals surface area (Å²) in [7, 11) is 1.89. The Labute approximate surface area is 214 Å². The average molecular weight is 501 g/mol. The molecule has 1 heterocycles. The number of fused-ring (bicyclic) bond motifs is 1. The standard InChI is InChI=1S/C31H27F3N2O/c1-19-3-5-22(6-4-19)31-30(35-18-36(31)2)24(11-20-12-26(33)16-27(34)13-20)15-28(37)14-23-8-7-21-9-10-25(32)17-29(21)23/h3-6,8-10,12-13,16-18,24H,7,11,14-15H2,1-2H3. The SMILES string of the molecule is Cc1ccc(-c2c(C(CC(=O)CC3=CCc4ccc(F)cc43)Cc3cc(F)cc(F)c3)ncn2C)cc1. The number of ketones is 1. The number of hydrogen-bond donors (Lipinski definition) is 0. The lowest BCUT2D eigenvalue weighted by molar-refractivity contribution is -0.118. The van der Waals surface area contributed by atoms with Crippen molar-refractivity contribution in [2.75, 3.05) is 0 Å². The van der Waals surface area contributed by atoms with Gasteiger partial charge in [0.05, 0.1) is 17.7 Å². The fourth-order valence-electron chi connectivity index (χ4n) is 5.18. The van der Waals surface area contributed by atoms with E-state index in [-0.39, 0.29) is 30.9 Å². The molecule has 0 fully saturated rings. The number of carbonyl (C=O) groups is 1. The number of rotatable bonds is 8. The number of aryl methyl sites for hydroxylation is 2. The minimum Gasteiger partial charge on any atom is -0.334 e. The van der Waals surface area contributed by atoms with Gasteiger partial charge in [-0.15, -0.1) is 0 Å². The molecule has 3 nitrogen and oxygen atoms in total. The number of nitrogens with zero attached hydrogens (tertiary/aromatic N) is 2. The van der Waals surface area contributed by atoms with E-state index in [1.165, 1.54) is 24.3 Å². The minimum atomic E-state index is -0.658. The molecule has 1 aliphatic carbocycles. The summed E-state index contributed by atoms with van der Waals surface area (Å²) in [6, 6.07) is 16.1. The Bertz CT molecular complexity index is 1480. The number of Topliss-reactive ketones (excluding diaryl/α,β-unsaturated/α-hetero) is 1. The summed E-state index contributed by atoms with van der Waals surface area (Å²) in [5.41, 5.74) is 6.69. The number of hydrogen-bond acceptors (Lipinski definition) is 2. The molecule has 188 valence electrons. The van der Waals surface area contributed by atoms with Crippen molar-refractivity contribution in [1.82, 2.24) is 9.55 Å². The molecular weight excluding hydrogens is 473 g/mol. The van der Waals surface area contributed by atoms with E-state index in [4.69, 9.17) is 0 Å². The Morgan fingerprint density at radius 1 is 0.973 bits per heavy atom.